The van der Waals surface area contributed by atoms with Crippen LogP contribution in [-0.2, 0) is 11.3 Å². The summed E-state index contributed by atoms with van der Waals surface area (Å²) in [4.78, 5) is 21.4. The van der Waals surface area contributed by atoms with Crippen molar-refractivity contribution in [2.24, 2.45) is 5.92 Å². The van der Waals surface area contributed by atoms with Gasteiger partial charge in [-0.3, -0.25) is 0 Å². The second kappa shape index (κ2) is 10.1. The highest BCUT2D eigenvalue weighted by Gasteiger charge is 2.23. The number of nitrogens with zero attached hydrogens (tertiary/aromatic N) is 2. The second-order valence-electron chi connectivity index (χ2n) is 7.69. The number of imidazole rings is 1. The SMILES string of the molecule is O=C(OCc1cc(Cl)cc(Cl)c1)N1CCC(CNc2cccc(-c3cnc[nH]3)c2)CC1. The molecule has 1 amide bonds. The molecule has 0 bridgehead atoms. The Morgan fingerprint density at radius 2 is 1.94 bits per heavy atom. The fourth-order valence-electron chi connectivity index (χ4n) is 3.72. The summed E-state index contributed by atoms with van der Waals surface area (Å²) in [7, 11) is 0. The van der Waals surface area contributed by atoms with E-state index in [2.05, 4.69) is 33.5 Å². The van der Waals surface area contributed by atoms with Crippen molar-refractivity contribution in [2.75, 3.05) is 25.0 Å². The Balaban J connectivity index is 1.22. The normalized spacial score (nSPS) is 14.5. The topological polar surface area (TPSA) is 70.2 Å². The van der Waals surface area contributed by atoms with E-state index < -0.39 is 0 Å². The van der Waals surface area contributed by atoms with Gasteiger partial charge in [-0.1, -0.05) is 35.3 Å². The number of hydrogen-bond donors (Lipinski definition) is 2. The van der Waals surface area contributed by atoms with Crippen molar-refractivity contribution in [3.05, 3.63) is 70.6 Å². The van der Waals surface area contributed by atoms with Crippen LogP contribution >= 0.6 is 23.2 Å². The van der Waals surface area contributed by atoms with Crippen molar-refractivity contribution in [3.8, 4) is 11.3 Å². The van der Waals surface area contributed by atoms with E-state index in [0.29, 0.717) is 29.1 Å². The van der Waals surface area contributed by atoms with Gasteiger partial charge in [-0.2, -0.15) is 0 Å². The first-order valence-electron chi connectivity index (χ1n) is 10.3. The summed E-state index contributed by atoms with van der Waals surface area (Å²) < 4.78 is 5.44. The minimum Gasteiger partial charge on any atom is -0.445 e. The van der Waals surface area contributed by atoms with E-state index >= 15 is 0 Å². The highest BCUT2D eigenvalue weighted by Crippen LogP contribution is 2.23. The standard InChI is InChI=1S/C23H24Cl2N4O2/c24-19-8-17(9-20(25)11-19)14-31-23(30)29-6-4-16(5-7-29)12-27-21-3-1-2-18(10-21)22-13-26-15-28-22/h1-3,8-11,13,15-16,27H,4-7,12,14H2,(H,26,28). The quantitative estimate of drug-likeness (QED) is 0.486. The second-order valence-corrected chi connectivity index (χ2v) is 8.56. The Kier molecular flexibility index (Phi) is 6.99. The number of benzene rings is 2. The molecule has 2 heterocycles. The van der Waals surface area contributed by atoms with Crippen molar-refractivity contribution in [1.29, 1.82) is 0 Å². The summed E-state index contributed by atoms with van der Waals surface area (Å²) >= 11 is 12.0. The lowest BCUT2D eigenvalue weighted by atomic mass is 9.97. The third-order valence-corrected chi connectivity index (χ3v) is 5.86. The van der Waals surface area contributed by atoms with E-state index in [0.717, 1.165) is 41.9 Å². The first kappa shape index (κ1) is 21.5. The molecule has 2 aromatic carbocycles. The minimum absolute atomic E-state index is 0.160. The number of nitrogens with one attached hydrogen (secondary N) is 2. The van der Waals surface area contributed by atoms with Gasteiger partial charge < -0.3 is 19.9 Å². The predicted octanol–water partition coefficient (Wildman–Crippen LogP) is 5.84. The Labute approximate surface area is 191 Å². The van der Waals surface area contributed by atoms with Gasteiger partial charge in [0, 0.05) is 40.9 Å². The summed E-state index contributed by atoms with van der Waals surface area (Å²) in [6.07, 6.45) is 5.07. The lowest BCUT2D eigenvalue weighted by molar-refractivity contribution is 0.0832. The van der Waals surface area contributed by atoms with E-state index in [1.165, 1.54) is 0 Å². The van der Waals surface area contributed by atoms with E-state index in [-0.39, 0.29) is 12.7 Å². The van der Waals surface area contributed by atoms with Crippen LogP contribution in [0.2, 0.25) is 10.0 Å². The Bertz CT molecular complexity index is 998. The average molecular weight is 459 g/mol. The van der Waals surface area contributed by atoms with Crippen LogP contribution in [0.1, 0.15) is 18.4 Å². The fourth-order valence-corrected chi connectivity index (χ4v) is 4.29. The van der Waals surface area contributed by atoms with Crippen LogP contribution in [0.25, 0.3) is 11.3 Å². The molecule has 2 N–H and O–H groups in total. The molecule has 1 aliphatic heterocycles. The number of hydrogen-bond acceptors (Lipinski definition) is 4. The van der Waals surface area contributed by atoms with Crippen LogP contribution in [0.5, 0.6) is 0 Å². The third-order valence-electron chi connectivity index (χ3n) is 5.42. The predicted molar refractivity (Wildman–Crippen MR) is 123 cm³/mol. The molecule has 0 spiro atoms. The molecule has 0 aliphatic carbocycles. The highest BCUT2D eigenvalue weighted by atomic mass is 35.5. The molecule has 1 aromatic heterocycles. The summed E-state index contributed by atoms with van der Waals surface area (Å²) in [5.74, 6) is 0.506. The number of ether oxygens (including phenoxy) is 1. The molecule has 0 unspecified atom stereocenters. The monoisotopic (exact) mass is 458 g/mol. The maximum absolute atomic E-state index is 12.4. The summed E-state index contributed by atoms with van der Waals surface area (Å²) in [6.45, 7) is 2.41. The smallest absolute Gasteiger partial charge is 0.410 e. The number of carbonyl (C=O) groups is 1. The molecule has 0 saturated carbocycles. The third kappa shape index (κ3) is 5.93. The molecule has 6 nitrogen and oxygen atoms in total. The maximum atomic E-state index is 12.4. The summed E-state index contributed by atoms with van der Waals surface area (Å²) in [6, 6.07) is 13.4. The Morgan fingerprint density at radius 1 is 1.16 bits per heavy atom. The van der Waals surface area contributed by atoms with Gasteiger partial charge >= 0.3 is 6.09 Å². The number of H-pyrrole nitrogens is 1. The van der Waals surface area contributed by atoms with E-state index in [9.17, 15) is 4.79 Å². The first-order chi connectivity index (χ1) is 15.1. The van der Waals surface area contributed by atoms with Crippen molar-refractivity contribution >= 4 is 35.0 Å². The van der Waals surface area contributed by atoms with Crippen molar-refractivity contribution < 1.29 is 9.53 Å². The number of likely N-dealkylation sites (tertiary alicyclic amines) is 1. The van der Waals surface area contributed by atoms with Crippen LogP contribution in [0, 0.1) is 5.92 Å². The summed E-state index contributed by atoms with van der Waals surface area (Å²) in [5, 5.41) is 4.58. The van der Waals surface area contributed by atoms with Crippen LogP contribution in [0.15, 0.2) is 55.0 Å². The van der Waals surface area contributed by atoms with E-state index in [4.69, 9.17) is 27.9 Å². The molecule has 1 fully saturated rings. The van der Waals surface area contributed by atoms with Crippen LogP contribution in [-0.4, -0.2) is 40.6 Å². The highest BCUT2D eigenvalue weighted by molar-refractivity contribution is 6.34. The fraction of sp³-hybridized carbons (Fsp3) is 0.304. The van der Waals surface area contributed by atoms with Gasteiger partial charge in [0.2, 0.25) is 0 Å². The van der Waals surface area contributed by atoms with Crippen LogP contribution in [0.4, 0.5) is 10.5 Å². The molecule has 3 aromatic rings. The van der Waals surface area contributed by atoms with Gasteiger partial charge in [-0.15, -0.1) is 0 Å². The van der Waals surface area contributed by atoms with Crippen LogP contribution in [0.3, 0.4) is 0 Å². The van der Waals surface area contributed by atoms with Gasteiger partial charge in [0.25, 0.3) is 0 Å². The lowest BCUT2D eigenvalue weighted by Crippen LogP contribution is -2.40. The molecule has 1 aliphatic rings. The molecular weight excluding hydrogens is 435 g/mol. The number of carbonyl (C=O) groups excluding carboxylic acids is 1. The first-order valence-corrected chi connectivity index (χ1v) is 11.0. The van der Waals surface area contributed by atoms with Gasteiger partial charge in [0.05, 0.1) is 18.2 Å². The van der Waals surface area contributed by atoms with Gasteiger partial charge in [-0.05, 0) is 54.7 Å². The van der Waals surface area contributed by atoms with E-state index in [1.807, 2.05) is 12.3 Å². The largest absolute Gasteiger partial charge is 0.445 e. The minimum atomic E-state index is -0.297. The number of amides is 1. The Morgan fingerprint density at radius 3 is 2.65 bits per heavy atom. The molecular formula is C23H24Cl2N4O2. The van der Waals surface area contributed by atoms with Crippen molar-refractivity contribution in [2.45, 2.75) is 19.4 Å². The van der Waals surface area contributed by atoms with Gasteiger partial charge in [0.15, 0.2) is 0 Å². The molecule has 0 atom stereocenters. The van der Waals surface area contributed by atoms with Gasteiger partial charge in [-0.25, -0.2) is 9.78 Å². The van der Waals surface area contributed by atoms with Gasteiger partial charge in [0.1, 0.15) is 6.61 Å². The zero-order valence-corrected chi connectivity index (χ0v) is 18.5. The number of aromatic nitrogens is 2. The summed E-state index contributed by atoms with van der Waals surface area (Å²) in [5.41, 5.74) is 3.95. The number of piperidine rings is 1. The zero-order chi connectivity index (χ0) is 21.6. The molecule has 4 rings (SSSR count). The molecule has 162 valence electrons. The number of aromatic amines is 1. The average Bonchev–Trinajstić information content (AvgIpc) is 3.31. The lowest BCUT2D eigenvalue weighted by Gasteiger charge is -2.31. The number of rotatable bonds is 6. The Hall–Kier alpha value is -2.70. The molecule has 31 heavy (non-hydrogen) atoms. The molecule has 1 saturated heterocycles. The van der Waals surface area contributed by atoms with E-state index in [1.54, 1.807) is 29.4 Å². The van der Waals surface area contributed by atoms with Crippen molar-refractivity contribution in [3.63, 3.8) is 0 Å². The zero-order valence-electron chi connectivity index (χ0n) is 17.0. The van der Waals surface area contributed by atoms with Crippen LogP contribution < -0.4 is 5.32 Å². The molecule has 8 heteroatoms. The number of anilines is 1. The van der Waals surface area contributed by atoms with Crippen molar-refractivity contribution in [1.82, 2.24) is 14.9 Å². The maximum Gasteiger partial charge on any atom is 0.410 e. The molecule has 0 radical (unpaired) electrons. The number of halogens is 2.